The maximum atomic E-state index is 4.56. The molecule has 1 aromatic rings. The van der Waals surface area contributed by atoms with Gasteiger partial charge in [0.2, 0.25) is 0 Å². The highest BCUT2D eigenvalue weighted by Gasteiger charge is 2.26. The van der Waals surface area contributed by atoms with E-state index < -0.39 is 0 Å². The number of hydrogen-bond donors (Lipinski definition) is 0. The fourth-order valence-electron chi connectivity index (χ4n) is 1.99. The number of halogens is 2. The second kappa shape index (κ2) is 5.50. The minimum absolute atomic E-state index is 0.684. The van der Waals surface area contributed by atoms with Crippen molar-refractivity contribution in [2.24, 2.45) is 0 Å². The summed E-state index contributed by atoms with van der Waals surface area (Å²) >= 11 is 7.14. The van der Waals surface area contributed by atoms with Crippen LogP contribution in [0.4, 0.5) is 5.82 Å². The van der Waals surface area contributed by atoms with Crippen molar-refractivity contribution >= 4 is 37.7 Å². The van der Waals surface area contributed by atoms with Crippen LogP contribution in [-0.4, -0.2) is 22.9 Å². The van der Waals surface area contributed by atoms with Crippen molar-refractivity contribution in [2.45, 2.75) is 32.2 Å². The lowest BCUT2D eigenvalue weighted by Crippen LogP contribution is -2.42. The van der Waals surface area contributed by atoms with E-state index in [2.05, 4.69) is 54.7 Å². The molecule has 1 fully saturated rings. The normalized spacial score (nSPS) is 15.9. The Morgan fingerprint density at radius 1 is 1.50 bits per heavy atom. The molecule has 0 radical (unpaired) electrons. The minimum Gasteiger partial charge on any atom is -0.352 e. The zero-order valence-corrected chi connectivity index (χ0v) is 12.6. The smallest absolute Gasteiger partial charge is 0.143 e. The molecule has 0 amide bonds. The van der Waals surface area contributed by atoms with E-state index >= 15 is 0 Å². The third-order valence-corrected chi connectivity index (χ3v) is 4.01. The van der Waals surface area contributed by atoms with E-state index in [4.69, 9.17) is 0 Å². The number of nitrogens with zero attached hydrogens (tertiary/aromatic N) is 2. The van der Waals surface area contributed by atoms with Crippen molar-refractivity contribution < 1.29 is 0 Å². The molecule has 1 heterocycles. The van der Waals surface area contributed by atoms with Crippen molar-refractivity contribution in [1.82, 2.24) is 4.98 Å². The molecule has 2 rings (SSSR count). The Morgan fingerprint density at radius 2 is 2.25 bits per heavy atom. The molecule has 1 aromatic heterocycles. The molecular formula is C12H16Br2N2. The van der Waals surface area contributed by atoms with Crippen molar-refractivity contribution in [1.29, 1.82) is 0 Å². The third-order valence-electron chi connectivity index (χ3n) is 3.07. The number of aromatic nitrogens is 1. The maximum Gasteiger partial charge on any atom is 0.143 e. The number of alkyl halides is 1. The van der Waals surface area contributed by atoms with E-state index in [9.17, 15) is 0 Å². The predicted molar refractivity (Wildman–Crippen MR) is 75.5 cm³/mol. The van der Waals surface area contributed by atoms with Gasteiger partial charge in [-0.05, 0) is 53.7 Å². The van der Waals surface area contributed by atoms with Gasteiger partial charge in [0.15, 0.2) is 0 Å². The number of anilines is 1. The number of aryl methyl sites for hydroxylation is 1. The van der Waals surface area contributed by atoms with Gasteiger partial charge in [-0.25, -0.2) is 4.98 Å². The Hall–Kier alpha value is -0.0900. The molecule has 0 N–H and O–H groups in total. The lowest BCUT2D eigenvalue weighted by Gasteiger charge is -2.38. The SMILES string of the molecule is Cc1cnc(N(CCBr)C2CCC2)c(Br)c1. The van der Waals surface area contributed by atoms with Crippen LogP contribution in [0, 0.1) is 6.92 Å². The standard InChI is InChI=1S/C12H16Br2N2/c1-9-7-11(14)12(15-8-9)16(6-5-13)10-3-2-4-10/h7-8,10H,2-6H2,1H3. The summed E-state index contributed by atoms with van der Waals surface area (Å²) < 4.78 is 1.11. The molecule has 1 aliphatic rings. The van der Waals surface area contributed by atoms with Gasteiger partial charge >= 0.3 is 0 Å². The molecule has 16 heavy (non-hydrogen) atoms. The highest BCUT2D eigenvalue weighted by molar-refractivity contribution is 9.10. The third kappa shape index (κ3) is 2.59. The van der Waals surface area contributed by atoms with Crippen LogP contribution >= 0.6 is 31.9 Å². The maximum absolute atomic E-state index is 4.56. The molecule has 0 atom stereocenters. The Morgan fingerprint density at radius 3 is 2.75 bits per heavy atom. The van der Waals surface area contributed by atoms with Crippen LogP contribution in [0.15, 0.2) is 16.7 Å². The first-order valence-corrected chi connectivity index (χ1v) is 7.58. The van der Waals surface area contributed by atoms with Gasteiger partial charge in [-0.15, -0.1) is 0 Å². The first-order valence-electron chi connectivity index (χ1n) is 5.67. The molecule has 1 aliphatic carbocycles. The molecule has 0 aliphatic heterocycles. The first kappa shape index (κ1) is 12.4. The van der Waals surface area contributed by atoms with Gasteiger partial charge in [0, 0.05) is 24.1 Å². The highest BCUT2D eigenvalue weighted by Crippen LogP contribution is 2.32. The summed E-state index contributed by atoms with van der Waals surface area (Å²) in [6.07, 6.45) is 5.90. The highest BCUT2D eigenvalue weighted by atomic mass is 79.9. The largest absolute Gasteiger partial charge is 0.352 e. The molecule has 4 heteroatoms. The van der Waals surface area contributed by atoms with Crippen molar-refractivity contribution in [2.75, 3.05) is 16.8 Å². The van der Waals surface area contributed by atoms with Crippen LogP contribution in [0.2, 0.25) is 0 Å². The van der Waals surface area contributed by atoms with Gasteiger partial charge in [0.05, 0.1) is 4.47 Å². The molecule has 2 nitrogen and oxygen atoms in total. The van der Waals surface area contributed by atoms with Crippen LogP contribution in [0.25, 0.3) is 0 Å². The summed E-state index contributed by atoms with van der Waals surface area (Å²) in [6, 6.07) is 2.83. The topological polar surface area (TPSA) is 16.1 Å². The van der Waals surface area contributed by atoms with E-state index in [1.54, 1.807) is 0 Å². The fourth-order valence-corrected chi connectivity index (χ4v) is 3.06. The number of hydrogen-bond acceptors (Lipinski definition) is 2. The van der Waals surface area contributed by atoms with Crippen molar-refractivity contribution in [3.63, 3.8) is 0 Å². The predicted octanol–water partition coefficient (Wildman–Crippen LogP) is 3.91. The zero-order chi connectivity index (χ0) is 11.5. The molecule has 0 unspecified atom stereocenters. The second-order valence-electron chi connectivity index (χ2n) is 4.29. The van der Waals surface area contributed by atoms with Crippen LogP contribution in [0.5, 0.6) is 0 Å². The molecule has 0 aromatic carbocycles. The Kier molecular flexibility index (Phi) is 4.25. The summed E-state index contributed by atoms with van der Waals surface area (Å²) in [4.78, 5) is 6.98. The van der Waals surface area contributed by atoms with Gasteiger partial charge in [-0.3, -0.25) is 0 Å². The summed E-state index contributed by atoms with van der Waals surface area (Å²) in [5.41, 5.74) is 1.20. The van der Waals surface area contributed by atoms with Gasteiger partial charge in [0.1, 0.15) is 5.82 Å². The lowest BCUT2D eigenvalue weighted by molar-refractivity contribution is 0.389. The van der Waals surface area contributed by atoms with E-state index in [0.29, 0.717) is 6.04 Å². The van der Waals surface area contributed by atoms with Crippen molar-refractivity contribution in [3.05, 3.63) is 22.3 Å². The van der Waals surface area contributed by atoms with Crippen molar-refractivity contribution in [3.8, 4) is 0 Å². The fraction of sp³-hybridized carbons (Fsp3) is 0.583. The van der Waals surface area contributed by atoms with Gasteiger partial charge in [0.25, 0.3) is 0 Å². The summed E-state index contributed by atoms with van der Waals surface area (Å²) in [7, 11) is 0. The van der Waals surface area contributed by atoms with Crippen LogP contribution in [0.3, 0.4) is 0 Å². The van der Waals surface area contributed by atoms with Crippen LogP contribution in [-0.2, 0) is 0 Å². The van der Waals surface area contributed by atoms with Crippen LogP contribution in [0.1, 0.15) is 24.8 Å². The molecular weight excluding hydrogens is 332 g/mol. The Balaban J connectivity index is 2.23. The quantitative estimate of drug-likeness (QED) is 0.768. The molecule has 88 valence electrons. The molecule has 0 spiro atoms. The average Bonchev–Trinajstić information content (AvgIpc) is 2.14. The number of pyridine rings is 1. The van der Waals surface area contributed by atoms with Gasteiger partial charge in [-0.1, -0.05) is 15.9 Å². The Bertz CT molecular complexity index is 364. The Labute approximate surface area is 114 Å². The van der Waals surface area contributed by atoms with E-state index in [1.165, 1.54) is 24.8 Å². The minimum atomic E-state index is 0.684. The molecule has 1 saturated carbocycles. The molecule has 0 saturated heterocycles. The second-order valence-corrected chi connectivity index (χ2v) is 5.93. The molecule has 0 bridgehead atoms. The van der Waals surface area contributed by atoms with Crippen LogP contribution < -0.4 is 4.90 Å². The zero-order valence-electron chi connectivity index (χ0n) is 9.42. The van der Waals surface area contributed by atoms with E-state index in [0.717, 1.165) is 22.2 Å². The summed E-state index contributed by atoms with van der Waals surface area (Å²) in [5.74, 6) is 1.09. The lowest BCUT2D eigenvalue weighted by atomic mass is 9.91. The average molecular weight is 348 g/mol. The van der Waals surface area contributed by atoms with E-state index in [-0.39, 0.29) is 0 Å². The van der Waals surface area contributed by atoms with Gasteiger partial charge in [-0.2, -0.15) is 0 Å². The van der Waals surface area contributed by atoms with E-state index in [1.807, 2.05) is 6.20 Å². The summed E-state index contributed by atoms with van der Waals surface area (Å²) in [6.45, 7) is 3.10. The monoisotopic (exact) mass is 346 g/mol. The first-order chi connectivity index (χ1) is 7.72. The van der Waals surface area contributed by atoms with Gasteiger partial charge < -0.3 is 4.90 Å². The number of rotatable bonds is 4. The summed E-state index contributed by atoms with van der Waals surface area (Å²) in [5, 5.41) is 0.992.